The third-order valence-corrected chi connectivity index (χ3v) is 3.76. The number of aryl methyl sites for hydroxylation is 1. The van der Waals surface area contributed by atoms with Crippen LogP contribution in [0.3, 0.4) is 0 Å². The molecule has 1 aromatic rings. The van der Waals surface area contributed by atoms with Crippen molar-refractivity contribution >= 4 is 12.0 Å². The molecule has 0 saturated carbocycles. The van der Waals surface area contributed by atoms with E-state index in [1.54, 1.807) is 6.92 Å². The lowest BCUT2D eigenvalue weighted by Gasteiger charge is -2.24. The lowest BCUT2D eigenvalue weighted by Crippen LogP contribution is -2.41. The van der Waals surface area contributed by atoms with Gasteiger partial charge >= 0.3 is 12.0 Å². The molecule has 0 bridgehead atoms. The minimum atomic E-state index is -1.02. The van der Waals surface area contributed by atoms with E-state index in [9.17, 15) is 9.59 Å². The number of carboxylic acids is 1. The van der Waals surface area contributed by atoms with Crippen molar-refractivity contribution in [3.63, 3.8) is 0 Å². The largest absolute Gasteiger partial charge is 0.478 e. The number of likely N-dealkylation sites (tertiary alicyclic amines) is 1. The van der Waals surface area contributed by atoms with Crippen LogP contribution < -0.4 is 5.32 Å². The molecule has 0 unspecified atom stereocenters. The molecule has 1 aromatic heterocycles. The van der Waals surface area contributed by atoms with Crippen molar-refractivity contribution < 1.29 is 19.1 Å². The van der Waals surface area contributed by atoms with Crippen LogP contribution in [0.15, 0.2) is 10.5 Å². The monoisotopic (exact) mass is 294 g/mol. The zero-order valence-corrected chi connectivity index (χ0v) is 12.4. The average molecular weight is 294 g/mol. The first-order valence-electron chi connectivity index (χ1n) is 7.43. The van der Waals surface area contributed by atoms with Gasteiger partial charge in [0.05, 0.1) is 6.54 Å². The first-order valence-corrected chi connectivity index (χ1v) is 7.43. The molecule has 6 heteroatoms. The molecule has 0 aromatic carbocycles. The van der Waals surface area contributed by atoms with Gasteiger partial charge in [0.1, 0.15) is 17.1 Å². The van der Waals surface area contributed by atoms with E-state index in [1.165, 1.54) is 25.3 Å². The quantitative estimate of drug-likeness (QED) is 0.898. The van der Waals surface area contributed by atoms with E-state index in [-0.39, 0.29) is 18.1 Å². The number of aromatic carboxylic acids is 1. The summed E-state index contributed by atoms with van der Waals surface area (Å²) in [7, 11) is 0. The second-order valence-electron chi connectivity index (χ2n) is 5.40. The summed E-state index contributed by atoms with van der Waals surface area (Å²) in [6.07, 6.45) is 5.66. The summed E-state index contributed by atoms with van der Waals surface area (Å²) < 4.78 is 5.34. The first-order chi connectivity index (χ1) is 10.1. The summed E-state index contributed by atoms with van der Waals surface area (Å²) in [5.41, 5.74) is 0.144. The Morgan fingerprint density at radius 3 is 2.43 bits per heavy atom. The SMILES string of the molecule is Cc1oc(CNC(=O)N2CCCCCCC2)cc1C(=O)O. The van der Waals surface area contributed by atoms with Gasteiger partial charge in [0.25, 0.3) is 0 Å². The maximum atomic E-state index is 12.1. The van der Waals surface area contributed by atoms with Crippen molar-refractivity contribution in [1.29, 1.82) is 0 Å². The van der Waals surface area contributed by atoms with Crippen LogP contribution in [0.4, 0.5) is 4.79 Å². The fourth-order valence-electron chi connectivity index (χ4n) is 2.57. The zero-order chi connectivity index (χ0) is 15.2. The van der Waals surface area contributed by atoms with Crippen LogP contribution in [0, 0.1) is 6.92 Å². The number of carbonyl (C=O) groups is 2. The molecule has 2 amide bonds. The van der Waals surface area contributed by atoms with Crippen LogP contribution in [0.25, 0.3) is 0 Å². The molecule has 6 nitrogen and oxygen atoms in total. The summed E-state index contributed by atoms with van der Waals surface area (Å²) in [5, 5.41) is 11.8. The summed E-state index contributed by atoms with van der Waals surface area (Å²) in [4.78, 5) is 24.9. The molecule has 21 heavy (non-hydrogen) atoms. The fourth-order valence-corrected chi connectivity index (χ4v) is 2.57. The number of hydrogen-bond acceptors (Lipinski definition) is 3. The average Bonchev–Trinajstić information content (AvgIpc) is 2.77. The topological polar surface area (TPSA) is 82.8 Å². The van der Waals surface area contributed by atoms with E-state index in [0.717, 1.165) is 25.9 Å². The lowest BCUT2D eigenvalue weighted by molar-refractivity contribution is 0.0695. The highest BCUT2D eigenvalue weighted by molar-refractivity contribution is 5.88. The van der Waals surface area contributed by atoms with Crippen molar-refractivity contribution in [2.24, 2.45) is 0 Å². The molecular weight excluding hydrogens is 272 g/mol. The maximum Gasteiger partial charge on any atom is 0.339 e. The van der Waals surface area contributed by atoms with Crippen molar-refractivity contribution in [3.8, 4) is 0 Å². The second kappa shape index (κ2) is 7.15. The van der Waals surface area contributed by atoms with Crippen LogP contribution in [0.5, 0.6) is 0 Å². The van der Waals surface area contributed by atoms with Gasteiger partial charge in [-0.3, -0.25) is 0 Å². The predicted molar refractivity (Wildman–Crippen MR) is 77.3 cm³/mol. The standard InChI is InChI=1S/C15H22N2O4/c1-11-13(14(18)19)9-12(21-11)10-16-15(20)17-7-5-3-2-4-6-8-17/h9H,2-8,10H2,1H3,(H,16,20)(H,18,19). The molecule has 2 N–H and O–H groups in total. The summed E-state index contributed by atoms with van der Waals surface area (Å²) in [6, 6.07) is 1.36. The van der Waals surface area contributed by atoms with Crippen LogP contribution in [0.1, 0.15) is 54.0 Å². The molecule has 0 aliphatic carbocycles. The van der Waals surface area contributed by atoms with Crippen molar-refractivity contribution in [2.45, 2.75) is 45.6 Å². The third kappa shape index (κ3) is 4.24. The van der Waals surface area contributed by atoms with E-state index in [4.69, 9.17) is 9.52 Å². The zero-order valence-electron chi connectivity index (χ0n) is 12.4. The Morgan fingerprint density at radius 1 is 1.24 bits per heavy atom. The Balaban J connectivity index is 1.88. The summed E-state index contributed by atoms with van der Waals surface area (Å²) in [5.74, 6) is -0.194. The second-order valence-corrected chi connectivity index (χ2v) is 5.40. The van der Waals surface area contributed by atoms with Gasteiger partial charge in [0.15, 0.2) is 0 Å². The lowest BCUT2D eigenvalue weighted by atomic mass is 10.1. The van der Waals surface area contributed by atoms with Gasteiger partial charge in [0.2, 0.25) is 0 Å². The smallest absolute Gasteiger partial charge is 0.339 e. The van der Waals surface area contributed by atoms with Gasteiger partial charge in [-0.25, -0.2) is 9.59 Å². The highest BCUT2D eigenvalue weighted by Gasteiger charge is 2.17. The molecule has 2 heterocycles. The van der Waals surface area contributed by atoms with E-state index in [2.05, 4.69) is 5.32 Å². The number of carboxylic acid groups (broad SMARTS) is 1. The van der Waals surface area contributed by atoms with Gasteiger partial charge in [-0.2, -0.15) is 0 Å². The van der Waals surface area contributed by atoms with Gasteiger partial charge in [-0.15, -0.1) is 0 Å². The molecule has 0 spiro atoms. The number of nitrogens with zero attached hydrogens (tertiary/aromatic N) is 1. The highest BCUT2D eigenvalue weighted by atomic mass is 16.4. The number of urea groups is 1. The van der Waals surface area contributed by atoms with E-state index >= 15 is 0 Å². The van der Waals surface area contributed by atoms with Crippen molar-refractivity contribution in [2.75, 3.05) is 13.1 Å². The van der Waals surface area contributed by atoms with Crippen LogP contribution in [-0.2, 0) is 6.54 Å². The van der Waals surface area contributed by atoms with Crippen molar-refractivity contribution in [1.82, 2.24) is 10.2 Å². The Hall–Kier alpha value is -1.98. The highest BCUT2D eigenvalue weighted by Crippen LogP contribution is 2.15. The Morgan fingerprint density at radius 2 is 1.86 bits per heavy atom. The fraction of sp³-hybridized carbons (Fsp3) is 0.600. The number of hydrogen-bond donors (Lipinski definition) is 2. The van der Waals surface area contributed by atoms with Gasteiger partial charge in [-0.05, 0) is 25.8 Å². The van der Waals surface area contributed by atoms with Gasteiger partial charge in [0, 0.05) is 13.1 Å². The Bertz CT molecular complexity index is 502. The number of carbonyl (C=O) groups excluding carboxylic acids is 1. The molecule has 0 atom stereocenters. The Kier molecular flexibility index (Phi) is 5.25. The molecular formula is C15H22N2O4. The van der Waals surface area contributed by atoms with Crippen LogP contribution >= 0.6 is 0 Å². The maximum absolute atomic E-state index is 12.1. The number of furan rings is 1. The van der Waals surface area contributed by atoms with E-state index < -0.39 is 5.97 Å². The molecule has 0 radical (unpaired) electrons. The molecule has 1 aliphatic rings. The molecule has 1 aliphatic heterocycles. The minimum Gasteiger partial charge on any atom is -0.478 e. The number of rotatable bonds is 3. The summed E-state index contributed by atoms with van der Waals surface area (Å²) >= 11 is 0. The molecule has 1 saturated heterocycles. The number of amides is 2. The molecule has 116 valence electrons. The normalized spacial score (nSPS) is 16.1. The summed E-state index contributed by atoms with van der Waals surface area (Å²) in [6.45, 7) is 3.38. The van der Waals surface area contributed by atoms with Crippen LogP contribution in [-0.4, -0.2) is 35.1 Å². The van der Waals surface area contributed by atoms with Crippen LogP contribution in [0.2, 0.25) is 0 Å². The van der Waals surface area contributed by atoms with E-state index in [1.807, 2.05) is 4.90 Å². The number of nitrogens with one attached hydrogen (secondary N) is 1. The molecule has 1 fully saturated rings. The Labute approximate surface area is 124 Å². The predicted octanol–water partition coefficient (Wildman–Crippen LogP) is 2.76. The van der Waals surface area contributed by atoms with Gasteiger partial charge in [-0.1, -0.05) is 19.3 Å². The minimum absolute atomic E-state index is 0.108. The third-order valence-electron chi connectivity index (χ3n) is 3.76. The van der Waals surface area contributed by atoms with Gasteiger partial charge < -0.3 is 19.7 Å². The van der Waals surface area contributed by atoms with E-state index in [0.29, 0.717) is 11.5 Å². The first kappa shape index (κ1) is 15.4. The van der Waals surface area contributed by atoms with Crippen molar-refractivity contribution in [3.05, 3.63) is 23.2 Å². The molecule has 2 rings (SSSR count).